The first-order valence-electron chi connectivity index (χ1n) is 8.20. The fraction of sp³-hybridized carbons (Fsp3) is 0.875. The van der Waals surface area contributed by atoms with E-state index in [9.17, 15) is 0 Å². The molecule has 5 nitrogen and oxygen atoms in total. The molecule has 1 aliphatic heterocycles. The van der Waals surface area contributed by atoms with E-state index < -0.39 is 0 Å². The summed E-state index contributed by atoms with van der Waals surface area (Å²) >= 11 is 0. The van der Waals surface area contributed by atoms with E-state index >= 15 is 0 Å². The molecule has 3 N–H and O–H groups in total. The second kappa shape index (κ2) is 6.34. The molecule has 0 spiro atoms. The van der Waals surface area contributed by atoms with Gasteiger partial charge in [0.1, 0.15) is 5.82 Å². The second-order valence-corrected chi connectivity index (χ2v) is 7.90. The summed E-state index contributed by atoms with van der Waals surface area (Å²) in [6.45, 7) is 12.3. The van der Waals surface area contributed by atoms with Crippen molar-refractivity contribution >= 4 is 5.95 Å². The first-order valence-corrected chi connectivity index (χ1v) is 8.20. The molecule has 5 heteroatoms. The maximum Gasteiger partial charge on any atom is 0.244 e. The van der Waals surface area contributed by atoms with Crippen molar-refractivity contribution in [3.05, 3.63) is 5.82 Å². The van der Waals surface area contributed by atoms with Gasteiger partial charge in [-0.25, -0.2) is 0 Å². The Hall–Kier alpha value is -1.10. The Balaban J connectivity index is 1.98. The van der Waals surface area contributed by atoms with Crippen LogP contribution >= 0.6 is 0 Å². The van der Waals surface area contributed by atoms with Gasteiger partial charge in [0.2, 0.25) is 5.95 Å². The van der Waals surface area contributed by atoms with Crippen LogP contribution in [0.15, 0.2) is 0 Å². The summed E-state index contributed by atoms with van der Waals surface area (Å²) in [6.07, 6.45) is 4.36. The van der Waals surface area contributed by atoms with Gasteiger partial charge in [-0.2, -0.15) is 4.98 Å². The fourth-order valence-electron chi connectivity index (χ4n) is 3.41. The van der Waals surface area contributed by atoms with Crippen LogP contribution in [0, 0.1) is 11.3 Å². The van der Waals surface area contributed by atoms with Gasteiger partial charge in [-0.1, -0.05) is 27.7 Å². The summed E-state index contributed by atoms with van der Waals surface area (Å²) in [5, 5.41) is 7.52. The van der Waals surface area contributed by atoms with Crippen LogP contribution in [-0.2, 0) is 6.42 Å². The van der Waals surface area contributed by atoms with E-state index in [-0.39, 0.29) is 6.04 Å². The molecular weight excluding hydrogens is 262 g/mol. The van der Waals surface area contributed by atoms with E-state index in [1.807, 2.05) is 0 Å². The maximum atomic E-state index is 6.16. The van der Waals surface area contributed by atoms with Crippen LogP contribution in [0.25, 0.3) is 0 Å². The van der Waals surface area contributed by atoms with Crippen LogP contribution in [0.1, 0.15) is 59.7 Å². The van der Waals surface area contributed by atoms with E-state index in [0.717, 1.165) is 37.6 Å². The summed E-state index contributed by atoms with van der Waals surface area (Å²) in [4.78, 5) is 6.93. The highest BCUT2D eigenvalue weighted by Crippen LogP contribution is 2.26. The third-order valence-electron chi connectivity index (χ3n) is 4.33. The number of piperidine rings is 1. The van der Waals surface area contributed by atoms with Crippen molar-refractivity contribution in [2.75, 3.05) is 11.4 Å². The lowest BCUT2D eigenvalue weighted by atomic mass is 9.84. The number of nitrogens with zero attached hydrogens (tertiary/aromatic N) is 3. The van der Waals surface area contributed by atoms with Crippen molar-refractivity contribution in [3.63, 3.8) is 0 Å². The molecule has 0 aliphatic carbocycles. The largest absolute Gasteiger partial charge is 0.335 e. The lowest BCUT2D eigenvalue weighted by molar-refractivity contribution is 0.304. The highest BCUT2D eigenvalue weighted by atomic mass is 15.4. The molecule has 0 radical (unpaired) electrons. The van der Waals surface area contributed by atoms with Crippen molar-refractivity contribution in [1.82, 2.24) is 15.2 Å². The van der Waals surface area contributed by atoms with E-state index in [1.54, 1.807) is 0 Å². The number of nitrogens with two attached hydrogens (primary N) is 1. The van der Waals surface area contributed by atoms with E-state index in [2.05, 4.69) is 49.7 Å². The van der Waals surface area contributed by atoms with Crippen molar-refractivity contribution < 1.29 is 0 Å². The number of hydrogen-bond acceptors (Lipinski definition) is 4. The zero-order chi connectivity index (χ0) is 15.6. The van der Waals surface area contributed by atoms with Gasteiger partial charge in [-0.15, -0.1) is 5.10 Å². The first-order chi connectivity index (χ1) is 9.76. The predicted molar refractivity (Wildman–Crippen MR) is 87.3 cm³/mol. The van der Waals surface area contributed by atoms with Crippen LogP contribution in [0.4, 0.5) is 5.95 Å². The molecule has 0 aromatic carbocycles. The van der Waals surface area contributed by atoms with Crippen LogP contribution in [-0.4, -0.2) is 33.8 Å². The van der Waals surface area contributed by atoms with Gasteiger partial charge in [0.25, 0.3) is 0 Å². The molecule has 120 valence electrons. The third kappa shape index (κ3) is 4.43. The first kappa shape index (κ1) is 16.3. The Morgan fingerprint density at radius 2 is 2.14 bits per heavy atom. The average molecular weight is 293 g/mol. The molecule has 1 fully saturated rings. The number of nitrogens with one attached hydrogen (secondary N) is 1. The van der Waals surface area contributed by atoms with Crippen molar-refractivity contribution in [3.8, 4) is 0 Å². The molecule has 21 heavy (non-hydrogen) atoms. The number of aromatic nitrogens is 3. The number of rotatable bonds is 4. The van der Waals surface area contributed by atoms with Gasteiger partial charge in [-0.3, -0.25) is 5.10 Å². The molecule has 0 amide bonds. The molecule has 0 bridgehead atoms. The second-order valence-electron chi connectivity index (χ2n) is 7.90. The Labute approximate surface area is 128 Å². The van der Waals surface area contributed by atoms with Crippen LogP contribution in [0.2, 0.25) is 0 Å². The Kier molecular flexibility index (Phi) is 4.91. The molecular formula is C16H31N5. The van der Waals surface area contributed by atoms with Gasteiger partial charge in [0.15, 0.2) is 0 Å². The van der Waals surface area contributed by atoms with Gasteiger partial charge < -0.3 is 10.6 Å². The lowest BCUT2D eigenvalue weighted by Crippen LogP contribution is -2.51. The molecule has 1 aromatic heterocycles. The van der Waals surface area contributed by atoms with E-state index in [4.69, 9.17) is 10.7 Å². The van der Waals surface area contributed by atoms with Crippen LogP contribution in [0.5, 0.6) is 0 Å². The Morgan fingerprint density at radius 3 is 2.81 bits per heavy atom. The predicted octanol–water partition coefficient (Wildman–Crippen LogP) is 2.74. The normalized spacial score (nSPS) is 25.1. The van der Waals surface area contributed by atoms with Gasteiger partial charge in [0, 0.05) is 25.0 Å². The number of anilines is 1. The van der Waals surface area contributed by atoms with Crippen LogP contribution < -0.4 is 10.6 Å². The smallest absolute Gasteiger partial charge is 0.244 e. The lowest BCUT2D eigenvalue weighted by Gasteiger charge is -2.36. The SMILES string of the molecule is CC(Cc1nc(N2CCCC(N)C2C)n[nH]1)CC(C)(C)C. The van der Waals surface area contributed by atoms with Gasteiger partial charge in [0.05, 0.1) is 0 Å². The van der Waals surface area contributed by atoms with Crippen molar-refractivity contribution in [1.29, 1.82) is 0 Å². The van der Waals surface area contributed by atoms with Crippen molar-refractivity contribution in [2.24, 2.45) is 17.1 Å². The number of hydrogen-bond donors (Lipinski definition) is 2. The quantitative estimate of drug-likeness (QED) is 0.895. The van der Waals surface area contributed by atoms with Crippen molar-refractivity contribution in [2.45, 2.75) is 72.4 Å². The molecule has 1 aromatic rings. The molecule has 2 heterocycles. The summed E-state index contributed by atoms with van der Waals surface area (Å²) < 4.78 is 0. The fourth-order valence-corrected chi connectivity index (χ4v) is 3.41. The summed E-state index contributed by atoms with van der Waals surface area (Å²) in [6, 6.07) is 0.537. The Morgan fingerprint density at radius 1 is 1.43 bits per heavy atom. The molecule has 2 rings (SSSR count). The topological polar surface area (TPSA) is 70.8 Å². The average Bonchev–Trinajstić information content (AvgIpc) is 2.78. The van der Waals surface area contributed by atoms with E-state index in [1.165, 1.54) is 6.42 Å². The highest BCUT2D eigenvalue weighted by Gasteiger charge is 2.28. The third-order valence-corrected chi connectivity index (χ3v) is 4.33. The van der Waals surface area contributed by atoms with Gasteiger partial charge >= 0.3 is 0 Å². The molecule has 3 unspecified atom stereocenters. The van der Waals surface area contributed by atoms with E-state index in [0.29, 0.717) is 17.4 Å². The van der Waals surface area contributed by atoms with Crippen LogP contribution in [0.3, 0.4) is 0 Å². The highest BCUT2D eigenvalue weighted by molar-refractivity contribution is 5.32. The maximum absolute atomic E-state index is 6.16. The number of H-pyrrole nitrogens is 1. The minimum Gasteiger partial charge on any atom is -0.335 e. The summed E-state index contributed by atoms with van der Waals surface area (Å²) in [7, 11) is 0. The zero-order valence-electron chi connectivity index (χ0n) is 14.2. The standard InChI is InChI=1S/C16H31N5/c1-11(10-16(3,4)5)9-14-18-15(20-19-14)21-8-6-7-13(17)12(21)2/h11-13H,6-10,17H2,1-5H3,(H,18,19,20). The monoisotopic (exact) mass is 293 g/mol. The zero-order valence-corrected chi connectivity index (χ0v) is 14.2. The summed E-state index contributed by atoms with van der Waals surface area (Å²) in [5.74, 6) is 2.41. The number of aromatic amines is 1. The molecule has 1 aliphatic rings. The minimum atomic E-state index is 0.223. The minimum absolute atomic E-state index is 0.223. The molecule has 1 saturated heterocycles. The van der Waals surface area contributed by atoms with Gasteiger partial charge in [-0.05, 0) is 37.5 Å². The Bertz CT molecular complexity index is 448. The molecule has 3 atom stereocenters. The summed E-state index contributed by atoms with van der Waals surface area (Å²) in [5.41, 5.74) is 6.51. The molecule has 0 saturated carbocycles.